The standard InChI is InChI=1S/C29H28F3N5O2/c1-28(39,20-3-2-4-21(15-20)29(30,31)32)19-8-5-17(6-9-19)24-25-26(33)34-13-14-36(25)27(35-24)18-7-10-22-11-12-23(38)37(22)16-18/h2-6,8-9,13-15,18,22,39H,7,10-12,16H2,1H3,(H2,33,34)/t18-,22+,28?/m1/s1. The molecule has 2 fully saturated rings. The maximum absolute atomic E-state index is 13.3. The lowest BCUT2D eigenvalue weighted by atomic mass is 9.87. The number of anilines is 1. The molecule has 202 valence electrons. The Morgan fingerprint density at radius 3 is 2.51 bits per heavy atom. The highest BCUT2D eigenvalue weighted by molar-refractivity contribution is 5.85. The monoisotopic (exact) mass is 535 g/mol. The van der Waals surface area contributed by atoms with E-state index in [0.717, 1.165) is 42.8 Å². The Hall–Kier alpha value is -3.92. The number of nitrogens with zero attached hydrogens (tertiary/aromatic N) is 4. The molecule has 2 aliphatic heterocycles. The molecule has 2 aromatic carbocycles. The molecule has 1 unspecified atom stereocenters. The second-order valence-corrected chi connectivity index (χ2v) is 10.6. The van der Waals surface area contributed by atoms with E-state index in [0.29, 0.717) is 41.6 Å². The minimum Gasteiger partial charge on any atom is -0.382 e. The van der Waals surface area contributed by atoms with E-state index in [-0.39, 0.29) is 17.4 Å². The molecule has 0 saturated carbocycles. The van der Waals surface area contributed by atoms with Crippen LogP contribution in [0.3, 0.4) is 0 Å². The predicted octanol–water partition coefficient (Wildman–Crippen LogP) is 5.12. The van der Waals surface area contributed by atoms with E-state index in [2.05, 4.69) is 4.98 Å². The molecule has 2 aliphatic rings. The second kappa shape index (κ2) is 9.08. The minimum absolute atomic E-state index is 0.0484. The zero-order valence-corrected chi connectivity index (χ0v) is 21.3. The first kappa shape index (κ1) is 25.4. The molecule has 6 rings (SSSR count). The Morgan fingerprint density at radius 2 is 1.77 bits per heavy atom. The van der Waals surface area contributed by atoms with Gasteiger partial charge in [0.15, 0.2) is 0 Å². The maximum Gasteiger partial charge on any atom is 0.416 e. The summed E-state index contributed by atoms with van der Waals surface area (Å²) in [7, 11) is 0. The first-order chi connectivity index (χ1) is 18.5. The highest BCUT2D eigenvalue weighted by Crippen LogP contribution is 2.39. The van der Waals surface area contributed by atoms with Gasteiger partial charge in [-0.1, -0.05) is 36.4 Å². The number of fused-ring (bicyclic) bond motifs is 2. The normalized spacial score (nSPS) is 21.3. The number of carbonyl (C=O) groups is 1. The van der Waals surface area contributed by atoms with Gasteiger partial charge in [0, 0.05) is 42.9 Å². The van der Waals surface area contributed by atoms with E-state index in [1.807, 2.05) is 15.5 Å². The van der Waals surface area contributed by atoms with Crippen molar-refractivity contribution in [2.24, 2.45) is 0 Å². The van der Waals surface area contributed by atoms with E-state index < -0.39 is 17.3 Å². The summed E-state index contributed by atoms with van der Waals surface area (Å²) < 4.78 is 41.7. The van der Waals surface area contributed by atoms with Gasteiger partial charge in [-0.05, 0) is 49.4 Å². The number of amides is 1. The average Bonchev–Trinajstić information content (AvgIpc) is 3.50. The third-order valence-electron chi connectivity index (χ3n) is 8.17. The second-order valence-electron chi connectivity index (χ2n) is 10.6. The lowest BCUT2D eigenvalue weighted by Crippen LogP contribution is -2.41. The molecule has 0 aliphatic carbocycles. The van der Waals surface area contributed by atoms with Crippen LogP contribution in [0, 0.1) is 0 Å². The van der Waals surface area contributed by atoms with Gasteiger partial charge < -0.3 is 15.7 Å². The number of hydrogen-bond acceptors (Lipinski definition) is 5. The summed E-state index contributed by atoms with van der Waals surface area (Å²) in [6, 6.07) is 11.9. The number of halogens is 3. The van der Waals surface area contributed by atoms with Crippen molar-refractivity contribution in [3.8, 4) is 11.3 Å². The Kier molecular flexibility index (Phi) is 5.91. The number of aromatic nitrogens is 3. The Labute approximate surface area is 223 Å². The van der Waals surface area contributed by atoms with Gasteiger partial charge in [-0.3, -0.25) is 9.20 Å². The number of hydrogen-bond donors (Lipinski definition) is 2. The van der Waals surface area contributed by atoms with Crippen LogP contribution in [0.2, 0.25) is 0 Å². The smallest absolute Gasteiger partial charge is 0.382 e. The Balaban J connectivity index is 1.36. The third kappa shape index (κ3) is 4.32. The highest BCUT2D eigenvalue weighted by atomic mass is 19.4. The van der Waals surface area contributed by atoms with Crippen molar-refractivity contribution >= 4 is 17.2 Å². The zero-order valence-electron chi connectivity index (χ0n) is 21.3. The van der Waals surface area contributed by atoms with Gasteiger partial charge in [0.1, 0.15) is 28.5 Å². The fourth-order valence-corrected chi connectivity index (χ4v) is 5.97. The predicted molar refractivity (Wildman–Crippen MR) is 140 cm³/mol. The number of imidazole rings is 1. The van der Waals surface area contributed by atoms with Crippen molar-refractivity contribution in [1.82, 2.24) is 19.3 Å². The summed E-state index contributed by atoms with van der Waals surface area (Å²) >= 11 is 0. The van der Waals surface area contributed by atoms with Gasteiger partial charge in [0.25, 0.3) is 0 Å². The van der Waals surface area contributed by atoms with E-state index in [4.69, 9.17) is 10.7 Å². The molecular weight excluding hydrogens is 507 g/mol. The van der Waals surface area contributed by atoms with Crippen molar-refractivity contribution in [3.63, 3.8) is 0 Å². The van der Waals surface area contributed by atoms with Crippen LogP contribution >= 0.6 is 0 Å². The van der Waals surface area contributed by atoms with Gasteiger partial charge in [-0.15, -0.1) is 0 Å². The fourth-order valence-electron chi connectivity index (χ4n) is 5.97. The number of nitrogens with two attached hydrogens (primary N) is 1. The quantitative estimate of drug-likeness (QED) is 0.378. The van der Waals surface area contributed by atoms with Crippen molar-refractivity contribution in [3.05, 3.63) is 83.4 Å². The molecule has 39 heavy (non-hydrogen) atoms. The number of piperidine rings is 1. The van der Waals surface area contributed by atoms with Crippen molar-refractivity contribution in [2.75, 3.05) is 12.3 Å². The number of alkyl halides is 3. The molecule has 7 nitrogen and oxygen atoms in total. The third-order valence-corrected chi connectivity index (χ3v) is 8.17. The van der Waals surface area contributed by atoms with Crippen LogP contribution in [0.5, 0.6) is 0 Å². The van der Waals surface area contributed by atoms with Crippen LogP contribution in [-0.4, -0.2) is 42.9 Å². The SMILES string of the molecule is CC(O)(c1ccc(-c2nc([C@@H]3CC[C@H]4CCC(=O)N4C3)n3ccnc(N)c23)cc1)c1cccc(C(F)(F)F)c1. The average molecular weight is 536 g/mol. The molecule has 0 spiro atoms. The lowest BCUT2D eigenvalue weighted by Gasteiger charge is -2.34. The van der Waals surface area contributed by atoms with Crippen molar-refractivity contribution in [1.29, 1.82) is 0 Å². The zero-order chi connectivity index (χ0) is 27.5. The Bertz CT molecular complexity index is 1560. The van der Waals surface area contributed by atoms with Crippen LogP contribution in [-0.2, 0) is 16.6 Å². The summed E-state index contributed by atoms with van der Waals surface area (Å²) in [4.78, 5) is 23.6. The molecule has 10 heteroatoms. The minimum atomic E-state index is -4.51. The number of benzene rings is 2. The first-order valence-corrected chi connectivity index (χ1v) is 13.0. The molecule has 4 heterocycles. The summed E-state index contributed by atoms with van der Waals surface area (Å²) in [5.74, 6) is 1.37. The van der Waals surface area contributed by atoms with Gasteiger partial charge in [0.05, 0.1) is 5.56 Å². The van der Waals surface area contributed by atoms with Gasteiger partial charge in [0.2, 0.25) is 5.91 Å². The van der Waals surface area contributed by atoms with Crippen LogP contribution in [0.4, 0.5) is 19.0 Å². The topological polar surface area (TPSA) is 96.8 Å². The van der Waals surface area contributed by atoms with Crippen LogP contribution in [0.25, 0.3) is 16.8 Å². The Morgan fingerprint density at radius 1 is 1.03 bits per heavy atom. The van der Waals surface area contributed by atoms with Gasteiger partial charge in [-0.25, -0.2) is 9.97 Å². The molecular formula is C29H28F3N5O2. The molecule has 3 N–H and O–H groups in total. The van der Waals surface area contributed by atoms with Gasteiger partial charge in [-0.2, -0.15) is 13.2 Å². The summed E-state index contributed by atoms with van der Waals surface area (Å²) in [6.07, 6.45) is 2.28. The molecule has 3 atom stereocenters. The molecule has 0 bridgehead atoms. The first-order valence-electron chi connectivity index (χ1n) is 13.0. The summed E-state index contributed by atoms with van der Waals surface area (Å²) in [6.45, 7) is 2.09. The van der Waals surface area contributed by atoms with Crippen LogP contribution in [0.1, 0.15) is 61.0 Å². The summed E-state index contributed by atoms with van der Waals surface area (Å²) in [5, 5.41) is 11.2. The van der Waals surface area contributed by atoms with Crippen LogP contribution in [0.15, 0.2) is 60.9 Å². The molecule has 0 radical (unpaired) electrons. The number of aliphatic hydroxyl groups is 1. The molecule has 1 amide bonds. The van der Waals surface area contributed by atoms with Crippen molar-refractivity contribution < 1.29 is 23.1 Å². The van der Waals surface area contributed by atoms with E-state index in [1.165, 1.54) is 19.1 Å². The largest absolute Gasteiger partial charge is 0.416 e. The van der Waals surface area contributed by atoms with E-state index >= 15 is 0 Å². The number of nitrogen functional groups attached to an aromatic ring is 1. The van der Waals surface area contributed by atoms with Gasteiger partial charge >= 0.3 is 6.18 Å². The fraction of sp³-hybridized carbons (Fsp3) is 0.345. The van der Waals surface area contributed by atoms with E-state index in [9.17, 15) is 23.1 Å². The maximum atomic E-state index is 13.3. The summed E-state index contributed by atoms with van der Waals surface area (Å²) in [5.41, 5.74) is 6.41. The lowest BCUT2D eigenvalue weighted by molar-refractivity contribution is -0.137. The molecule has 2 aromatic heterocycles. The number of rotatable bonds is 4. The highest BCUT2D eigenvalue weighted by Gasteiger charge is 2.38. The molecule has 4 aromatic rings. The van der Waals surface area contributed by atoms with Crippen molar-refractivity contribution in [2.45, 2.75) is 56.3 Å². The molecule has 2 saturated heterocycles. The van der Waals surface area contributed by atoms with E-state index in [1.54, 1.807) is 30.5 Å². The van der Waals surface area contributed by atoms with Crippen LogP contribution < -0.4 is 5.73 Å². The number of carbonyl (C=O) groups excluding carboxylic acids is 1.